The van der Waals surface area contributed by atoms with Gasteiger partial charge in [0.1, 0.15) is 5.97 Å². The lowest BCUT2D eigenvalue weighted by Crippen LogP contribution is -2.37. The third-order valence-electron chi connectivity index (χ3n) is 0.231. The van der Waals surface area contributed by atoms with Crippen molar-refractivity contribution in [1.82, 2.24) is 0 Å². The number of carbonyl (C=O) groups is 1. The van der Waals surface area contributed by atoms with Crippen LogP contribution in [0, 0.1) is 0 Å². The van der Waals surface area contributed by atoms with Crippen molar-refractivity contribution in [2.75, 3.05) is 5.75 Å². The molecule has 0 aliphatic heterocycles. The third-order valence-corrected chi connectivity index (χ3v) is 0.231. The van der Waals surface area contributed by atoms with Gasteiger partial charge in [0.15, 0.2) is 0 Å². The van der Waals surface area contributed by atoms with E-state index >= 15 is 0 Å². The van der Waals surface area contributed by atoms with Crippen molar-refractivity contribution < 1.29 is 23.1 Å². The Balaban J connectivity index is 0. The standard InChI is InChI=1S/C2HF3O2.C2H6S/c3-2(4,5)1(6)7;1-2-3/h(H,6,7);3H,2H2,1H3/p-1. The van der Waals surface area contributed by atoms with E-state index in [0.29, 0.717) is 0 Å². The Bertz CT molecular complexity index is 101. The molecule has 62 valence electrons. The molecule has 0 saturated heterocycles. The van der Waals surface area contributed by atoms with Crippen molar-refractivity contribution in [2.45, 2.75) is 13.1 Å². The van der Waals surface area contributed by atoms with Crippen LogP contribution in [0.1, 0.15) is 6.92 Å². The maximum absolute atomic E-state index is 10.5. The summed E-state index contributed by atoms with van der Waals surface area (Å²) in [4.78, 5) is 8.78. The molecule has 0 bridgehead atoms. The summed E-state index contributed by atoms with van der Waals surface area (Å²) < 4.78 is 31.5. The summed E-state index contributed by atoms with van der Waals surface area (Å²) in [5.74, 6) is -2.06. The highest BCUT2D eigenvalue weighted by Gasteiger charge is 2.28. The van der Waals surface area contributed by atoms with Crippen molar-refractivity contribution in [3.63, 3.8) is 0 Å². The zero-order chi connectivity index (χ0) is 8.78. The molecule has 0 heterocycles. The van der Waals surface area contributed by atoms with Crippen LogP contribution in [0.25, 0.3) is 0 Å². The van der Waals surface area contributed by atoms with Gasteiger partial charge in [0.25, 0.3) is 0 Å². The normalized spacial score (nSPS) is 9.70. The van der Waals surface area contributed by atoms with Gasteiger partial charge in [-0.3, -0.25) is 0 Å². The van der Waals surface area contributed by atoms with Crippen LogP contribution in [-0.4, -0.2) is 17.9 Å². The van der Waals surface area contributed by atoms with Gasteiger partial charge in [0.2, 0.25) is 0 Å². The first-order chi connectivity index (χ1) is 4.36. The highest BCUT2D eigenvalue weighted by Crippen LogP contribution is 2.11. The van der Waals surface area contributed by atoms with Gasteiger partial charge in [-0.2, -0.15) is 25.8 Å². The Morgan fingerprint density at radius 1 is 1.60 bits per heavy atom. The maximum Gasteiger partial charge on any atom is 0.430 e. The number of hydrogen-bond donors (Lipinski definition) is 1. The van der Waals surface area contributed by atoms with Gasteiger partial charge in [-0.15, -0.1) is 0 Å². The van der Waals surface area contributed by atoms with Gasteiger partial charge < -0.3 is 9.90 Å². The van der Waals surface area contributed by atoms with Gasteiger partial charge in [0.05, 0.1) is 0 Å². The Kier molecular flexibility index (Phi) is 6.64. The van der Waals surface area contributed by atoms with Crippen molar-refractivity contribution in [3.8, 4) is 0 Å². The molecule has 0 aliphatic carbocycles. The predicted octanol–water partition coefficient (Wildman–Crippen LogP) is 0.235. The molecule has 0 aromatic rings. The summed E-state index contributed by atoms with van der Waals surface area (Å²) in [7, 11) is 0. The van der Waals surface area contributed by atoms with E-state index in [9.17, 15) is 13.2 Å². The minimum Gasteiger partial charge on any atom is -0.542 e. The molecule has 0 aromatic carbocycles. The van der Waals surface area contributed by atoms with Crippen LogP contribution in [0.5, 0.6) is 0 Å². The summed E-state index contributed by atoms with van der Waals surface area (Å²) in [6.07, 6.45) is -5.19. The number of rotatable bonds is 0. The fraction of sp³-hybridized carbons (Fsp3) is 0.750. The second-order valence-corrected chi connectivity index (χ2v) is 1.73. The van der Waals surface area contributed by atoms with E-state index in [-0.39, 0.29) is 0 Å². The molecule has 0 saturated carbocycles. The highest BCUT2D eigenvalue weighted by atomic mass is 32.1. The molecule has 0 aromatic heterocycles. The Labute approximate surface area is 61.4 Å². The average Bonchev–Trinajstić information content (AvgIpc) is 1.64. The monoisotopic (exact) mass is 175 g/mol. The van der Waals surface area contributed by atoms with Crippen LogP contribution in [0.2, 0.25) is 0 Å². The number of aliphatic carboxylic acids is 1. The number of halogens is 3. The van der Waals surface area contributed by atoms with Crippen LogP contribution in [0.15, 0.2) is 0 Å². The Morgan fingerprint density at radius 2 is 1.70 bits per heavy atom. The lowest BCUT2D eigenvalue weighted by Gasteiger charge is -2.03. The quantitative estimate of drug-likeness (QED) is 0.535. The van der Waals surface area contributed by atoms with Gasteiger partial charge in [-0.1, -0.05) is 6.92 Å². The SMILES string of the molecule is CCS.O=C([O-])C(F)(F)F. The van der Waals surface area contributed by atoms with Crippen molar-refractivity contribution in [3.05, 3.63) is 0 Å². The molecule has 0 atom stereocenters. The molecule has 0 aliphatic rings. The molecule has 0 spiro atoms. The summed E-state index contributed by atoms with van der Waals surface area (Å²) in [6.45, 7) is 1.99. The summed E-state index contributed by atoms with van der Waals surface area (Å²) >= 11 is 3.79. The van der Waals surface area contributed by atoms with E-state index in [1.807, 2.05) is 6.92 Å². The second kappa shape index (κ2) is 5.40. The van der Waals surface area contributed by atoms with E-state index in [2.05, 4.69) is 12.6 Å². The first kappa shape index (κ1) is 12.3. The van der Waals surface area contributed by atoms with Gasteiger partial charge in [0, 0.05) is 0 Å². The molecular weight excluding hydrogens is 169 g/mol. The highest BCUT2D eigenvalue weighted by molar-refractivity contribution is 7.80. The minimum absolute atomic E-state index is 0.944. The molecule has 6 heteroatoms. The number of carbonyl (C=O) groups excluding carboxylic acids is 1. The number of carboxylic acid groups (broad SMARTS) is 1. The number of carboxylic acids is 1. The van der Waals surface area contributed by atoms with E-state index in [0.717, 1.165) is 5.75 Å². The molecule has 2 nitrogen and oxygen atoms in total. The van der Waals surface area contributed by atoms with Gasteiger partial charge in [-0.05, 0) is 5.75 Å². The largest absolute Gasteiger partial charge is 0.542 e. The molecule has 0 fully saturated rings. The minimum atomic E-state index is -5.19. The summed E-state index contributed by atoms with van der Waals surface area (Å²) in [6, 6.07) is 0. The predicted molar refractivity (Wildman–Crippen MR) is 30.6 cm³/mol. The molecule has 0 N–H and O–H groups in total. The molecule has 10 heavy (non-hydrogen) atoms. The maximum atomic E-state index is 10.5. The van der Waals surface area contributed by atoms with E-state index < -0.39 is 12.1 Å². The van der Waals surface area contributed by atoms with Crippen molar-refractivity contribution in [2.24, 2.45) is 0 Å². The third kappa shape index (κ3) is 10.6. The topological polar surface area (TPSA) is 40.1 Å². The summed E-state index contributed by atoms with van der Waals surface area (Å²) in [5.41, 5.74) is 0. The zero-order valence-electron chi connectivity index (χ0n) is 5.10. The number of alkyl halides is 3. The number of hydrogen-bond acceptors (Lipinski definition) is 3. The van der Waals surface area contributed by atoms with Crippen LogP contribution in [0.3, 0.4) is 0 Å². The first-order valence-electron chi connectivity index (χ1n) is 2.25. The van der Waals surface area contributed by atoms with E-state index in [4.69, 9.17) is 9.90 Å². The van der Waals surface area contributed by atoms with Crippen LogP contribution in [-0.2, 0) is 4.79 Å². The van der Waals surface area contributed by atoms with Gasteiger partial charge >= 0.3 is 6.18 Å². The smallest absolute Gasteiger partial charge is 0.430 e. The lowest BCUT2D eigenvalue weighted by molar-refractivity contribution is -0.344. The summed E-state index contributed by atoms with van der Waals surface area (Å²) in [5, 5.41) is 8.78. The Morgan fingerprint density at radius 3 is 1.70 bits per heavy atom. The molecule has 0 rings (SSSR count). The fourth-order valence-corrected chi connectivity index (χ4v) is 0. The molecular formula is C4H6F3O2S-. The average molecular weight is 175 g/mol. The van der Waals surface area contributed by atoms with Crippen LogP contribution in [0.4, 0.5) is 13.2 Å². The van der Waals surface area contributed by atoms with Crippen molar-refractivity contribution in [1.29, 1.82) is 0 Å². The van der Waals surface area contributed by atoms with E-state index in [1.165, 1.54) is 0 Å². The zero-order valence-corrected chi connectivity index (χ0v) is 6.00. The van der Waals surface area contributed by atoms with Crippen molar-refractivity contribution >= 4 is 18.6 Å². The fourth-order valence-electron chi connectivity index (χ4n) is 0. The van der Waals surface area contributed by atoms with E-state index in [1.54, 1.807) is 0 Å². The Hall–Kier alpha value is -0.390. The molecule has 0 amide bonds. The first-order valence-corrected chi connectivity index (χ1v) is 2.88. The molecule has 0 radical (unpaired) electrons. The second-order valence-electron chi connectivity index (χ2n) is 1.10. The van der Waals surface area contributed by atoms with Crippen LogP contribution >= 0.6 is 12.6 Å². The molecule has 0 unspecified atom stereocenters. The van der Waals surface area contributed by atoms with Crippen LogP contribution < -0.4 is 5.11 Å². The van der Waals surface area contributed by atoms with Gasteiger partial charge in [-0.25, -0.2) is 0 Å². The lowest BCUT2D eigenvalue weighted by atomic mass is 10.7. The number of thiol groups is 1.